The van der Waals surface area contributed by atoms with Crippen LogP contribution in [0.2, 0.25) is 0 Å². The molecule has 1 aliphatic rings. The van der Waals surface area contributed by atoms with Gasteiger partial charge in [0.05, 0.1) is 5.69 Å². The van der Waals surface area contributed by atoms with Crippen LogP contribution in [-0.4, -0.2) is 6.54 Å². The van der Waals surface area contributed by atoms with Gasteiger partial charge in [-0.15, -0.1) is 0 Å². The molecule has 1 saturated carbocycles. The van der Waals surface area contributed by atoms with E-state index in [0.717, 1.165) is 12.5 Å². The topological polar surface area (TPSA) is 12.0 Å². The lowest BCUT2D eigenvalue weighted by Crippen LogP contribution is -2.14. The number of hydrogen-bond acceptors (Lipinski definition) is 1. The Kier molecular flexibility index (Phi) is 5.11. The van der Waals surface area contributed by atoms with E-state index in [9.17, 15) is 0 Å². The van der Waals surface area contributed by atoms with Crippen molar-refractivity contribution in [2.75, 3.05) is 11.9 Å². The first-order chi connectivity index (χ1) is 8.66. The predicted molar refractivity (Wildman–Crippen MR) is 83.3 cm³/mol. The van der Waals surface area contributed by atoms with Gasteiger partial charge in [-0.2, -0.15) is 0 Å². The number of hydrogen-bond donors (Lipinski definition) is 1. The van der Waals surface area contributed by atoms with Gasteiger partial charge in [-0.05, 0) is 65.7 Å². The highest BCUT2D eigenvalue weighted by atomic mass is 79.9. The zero-order valence-corrected chi connectivity index (χ0v) is 13.1. The second kappa shape index (κ2) is 6.60. The van der Waals surface area contributed by atoms with Gasteiger partial charge in [-0.1, -0.05) is 31.7 Å². The molecule has 1 fully saturated rings. The van der Waals surface area contributed by atoms with E-state index in [1.54, 1.807) is 0 Å². The van der Waals surface area contributed by atoms with E-state index in [0.29, 0.717) is 0 Å². The SMILES string of the molecule is Cc1cc(C)c(NCC2CCCCCC2)c(Br)c1. The first-order valence-electron chi connectivity index (χ1n) is 7.17. The summed E-state index contributed by atoms with van der Waals surface area (Å²) in [6.07, 6.45) is 8.50. The fourth-order valence-electron chi connectivity index (χ4n) is 2.95. The largest absolute Gasteiger partial charge is 0.384 e. The normalized spacial score (nSPS) is 17.5. The Morgan fingerprint density at radius 3 is 2.39 bits per heavy atom. The van der Waals surface area contributed by atoms with Crippen molar-refractivity contribution >= 4 is 21.6 Å². The summed E-state index contributed by atoms with van der Waals surface area (Å²) in [4.78, 5) is 0. The summed E-state index contributed by atoms with van der Waals surface area (Å²) in [5.74, 6) is 0.861. The fraction of sp³-hybridized carbons (Fsp3) is 0.625. The molecule has 100 valence electrons. The van der Waals surface area contributed by atoms with Crippen molar-refractivity contribution < 1.29 is 0 Å². The maximum Gasteiger partial charge on any atom is 0.0514 e. The lowest BCUT2D eigenvalue weighted by Gasteiger charge is -2.18. The van der Waals surface area contributed by atoms with E-state index in [2.05, 4.69) is 47.2 Å². The van der Waals surface area contributed by atoms with E-state index in [4.69, 9.17) is 0 Å². The third-order valence-electron chi connectivity index (χ3n) is 3.97. The summed E-state index contributed by atoms with van der Waals surface area (Å²) >= 11 is 3.68. The first-order valence-corrected chi connectivity index (χ1v) is 7.96. The van der Waals surface area contributed by atoms with E-state index >= 15 is 0 Å². The van der Waals surface area contributed by atoms with Crippen LogP contribution in [0.3, 0.4) is 0 Å². The van der Waals surface area contributed by atoms with Gasteiger partial charge < -0.3 is 5.32 Å². The van der Waals surface area contributed by atoms with E-state index < -0.39 is 0 Å². The zero-order valence-electron chi connectivity index (χ0n) is 11.6. The molecule has 0 unspecified atom stereocenters. The fourth-order valence-corrected chi connectivity index (χ4v) is 3.77. The highest BCUT2D eigenvalue weighted by Crippen LogP contribution is 2.29. The minimum absolute atomic E-state index is 0.861. The molecule has 1 aromatic carbocycles. The van der Waals surface area contributed by atoms with Crippen LogP contribution in [0, 0.1) is 19.8 Å². The molecule has 1 nitrogen and oxygen atoms in total. The Balaban J connectivity index is 1.97. The average molecular weight is 310 g/mol. The quantitative estimate of drug-likeness (QED) is 0.732. The molecular formula is C16H24BrN. The molecule has 0 atom stereocenters. The Labute approximate surface area is 119 Å². The molecule has 0 aromatic heterocycles. The predicted octanol–water partition coefficient (Wildman–Crippen LogP) is 5.45. The van der Waals surface area contributed by atoms with Gasteiger partial charge in [0.1, 0.15) is 0 Å². The molecule has 2 rings (SSSR count). The van der Waals surface area contributed by atoms with Crippen LogP contribution in [0.4, 0.5) is 5.69 Å². The van der Waals surface area contributed by atoms with E-state index in [1.165, 1.54) is 59.8 Å². The summed E-state index contributed by atoms with van der Waals surface area (Å²) in [6.45, 7) is 5.46. The van der Waals surface area contributed by atoms with Crippen LogP contribution in [0.25, 0.3) is 0 Å². The van der Waals surface area contributed by atoms with Crippen LogP contribution in [-0.2, 0) is 0 Å². The standard InChI is InChI=1S/C16H24BrN/c1-12-9-13(2)16(15(17)10-12)18-11-14-7-5-3-4-6-8-14/h9-10,14,18H,3-8,11H2,1-2H3. The highest BCUT2D eigenvalue weighted by molar-refractivity contribution is 9.10. The second-order valence-electron chi connectivity index (χ2n) is 5.68. The molecular weight excluding hydrogens is 286 g/mol. The van der Waals surface area contributed by atoms with E-state index in [1.807, 2.05) is 0 Å². The minimum Gasteiger partial charge on any atom is -0.384 e. The second-order valence-corrected chi connectivity index (χ2v) is 6.53. The van der Waals surface area contributed by atoms with Gasteiger partial charge in [0.2, 0.25) is 0 Å². The van der Waals surface area contributed by atoms with E-state index in [-0.39, 0.29) is 0 Å². The molecule has 0 spiro atoms. The number of aryl methyl sites for hydroxylation is 2. The number of halogens is 1. The van der Waals surface area contributed by atoms with Crippen molar-refractivity contribution in [2.45, 2.75) is 52.4 Å². The lowest BCUT2D eigenvalue weighted by atomic mass is 10.00. The molecule has 0 bridgehead atoms. The van der Waals surface area contributed by atoms with Crippen LogP contribution < -0.4 is 5.32 Å². The monoisotopic (exact) mass is 309 g/mol. The van der Waals surface area contributed by atoms with Crippen LogP contribution in [0.5, 0.6) is 0 Å². The average Bonchev–Trinajstić information content (AvgIpc) is 2.56. The maximum atomic E-state index is 3.68. The molecule has 2 heteroatoms. The first kappa shape index (κ1) is 13.9. The summed E-state index contributed by atoms with van der Waals surface area (Å²) in [5, 5.41) is 3.66. The van der Waals surface area contributed by atoms with Crippen LogP contribution >= 0.6 is 15.9 Å². The van der Waals surface area contributed by atoms with Crippen LogP contribution in [0.1, 0.15) is 49.7 Å². The smallest absolute Gasteiger partial charge is 0.0514 e. The summed E-state index contributed by atoms with van der Waals surface area (Å²) < 4.78 is 1.20. The molecule has 0 amide bonds. The highest BCUT2D eigenvalue weighted by Gasteiger charge is 2.13. The van der Waals surface area contributed by atoms with Crippen LogP contribution in [0.15, 0.2) is 16.6 Å². The molecule has 0 heterocycles. The molecule has 0 aliphatic heterocycles. The third kappa shape index (κ3) is 3.74. The number of benzene rings is 1. The van der Waals surface area contributed by atoms with Crippen molar-refractivity contribution in [2.24, 2.45) is 5.92 Å². The van der Waals surface area contributed by atoms with Crippen molar-refractivity contribution in [1.29, 1.82) is 0 Å². The van der Waals surface area contributed by atoms with Gasteiger partial charge in [-0.25, -0.2) is 0 Å². The van der Waals surface area contributed by atoms with Gasteiger partial charge in [0, 0.05) is 11.0 Å². The molecule has 1 aliphatic carbocycles. The Bertz CT molecular complexity index is 369. The molecule has 1 N–H and O–H groups in total. The van der Waals surface area contributed by atoms with Crippen molar-refractivity contribution in [3.8, 4) is 0 Å². The maximum absolute atomic E-state index is 3.68. The molecule has 18 heavy (non-hydrogen) atoms. The van der Waals surface area contributed by atoms with Gasteiger partial charge in [0.25, 0.3) is 0 Å². The molecule has 0 saturated heterocycles. The summed E-state index contributed by atoms with van der Waals surface area (Å²) in [5.41, 5.74) is 3.94. The van der Waals surface area contributed by atoms with Crippen molar-refractivity contribution in [3.63, 3.8) is 0 Å². The number of rotatable bonds is 3. The number of nitrogens with one attached hydrogen (secondary N) is 1. The number of anilines is 1. The van der Waals surface area contributed by atoms with Gasteiger partial charge in [0.15, 0.2) is 0 Å². The lowest BCUT2D eigenvalue weighted by molar-refractivity contribution is 0.483. The summed E-state index contributed by atoms with van der Waals surface area (Å²) in [7, 11) is 0. The van der Waals surface area contributed by atoms with Crippen molar-refractivity contribution in [3.05, 3.63) is 27.7 Å². The summed E-state index contributed by atoms with van der Waals surface area (Å²) in [6, 6.07) is 4.45. The minimum atomic E-state index is 0.861. The Morgan fingerprint density at radius 2 is 1.78 bits per heavy atom. The Morgan fingerprint density at radius 1 is 1.11 bits per heavy atom. The van der Waals surface area contributed by atoms with Crippen molar-refractivity contribution in [1.82, 2.24) is 0 Å². The van der Waals surface area contributed by atoms with Gasteiger partial charge in [-0.3, -0.25) is 0 Å². The molecule has 1 aromatic rings. The molecule has 0 radical (unpaired) electrons. The Hall–Kier alpha value is -0.500. The van der Waals surface area contributed by atoms with Gasteiger partial charge >= 0.3 is 0 Å². The zero-order chi connectivity index (χ0) is 13.0. The third-order valence-corrected chi connectivity index (χ3v) is 4.60.